The quantitative estimate of drug-likeness (QED) is 0.424. The van der Waals surface area contributed by atoms with Crippen molar-refractivity contribution in [1.29, 1.82) is 0 Å². The third-order valence-corrected chi connectivity index (χ3v) is 2.10. The number of nitrogens with two attached hydrogens (primary N) is 1. The van der Waals surface area contributed by atoms with Gasteiger partial charge in [-0.15, -0.1) is 6.58 Å². The maximum absolute atomic E-state index is 5.44. The molecule has 1 unspecified atom stereocenters. The van der Waals surface area contributed by atoms with Crippen molar-refractivity contribution >= 4 is 0 Å². The fraction of sp³-hybridized carbons (Fsp3) is 0.273. The Morgan fingerprint density at radius 2 is 2.43 bits per heavy atom. The van der Waals surface area contributed by atoms with E-state index in [1.807, 2.05) is 30.3 Å². The van der Waals surface area contributed by atoms with Crippen LogP contribution in [0.15, 0.2) is 36.9 Å². The summed E-state index contributed by atoms with van der Waals surface area (Å²) in [5.74, 6) is 6.28. The Morgan fingerprint density at radius 1 is 1.64 bits per heavy atom. The second-order valence-corrected chi connectivity index (χ2v) is 3.02. The molecule has 1 aromatic rings. The molecule has 1 aromatic carbocycles. The van der Waals surface area contributed by atoms with E-state index in [-0.39, 0.29) is 6.04 Å². The van der Waals surface area contributed by atoms with Crippen molar-refractivity contribution in [2.75, 3.05) is 7.11 Å². The lowest BCUT2D eigenvalue weighted by molar-refractivity contribution is 0.413. The zero-order valence-electron chi connectivity index (χ0n) is 8.36. The number of methoxy groups -OCH3 is 1. The molecule has 0 amide bonds. The normalized spacial score (nSPS) is 12.1. The Labute approximate surface area is 84.5 Å². The smallest absolute Gasteiger partial charge is 0.119 e. The molecule has 1 atom stereocenters. The monoisotopic (exact) mass is 192 g/mol. The van der Waals surface area contributed by atoms with Gasteiger partial charge in [-0.3, -0.25) is 11.3 Å². The van der Waals surface area contributed by atoms with Gasteiger partial charge in [0.15, 0.2) is 0 Å². The molecule has 0 heterocycles. The number of nitrogens with one attached hydrogen (secondary N) is 1. The lowest BCUT2D eigenvalue weighted by Crippen LogP contribution is -2.27. The van der Waals surface area contributed by atoms with Gasteiger partial charge in [-0.1, -0.05) is 18.2 Å². The van der Waals surface area contributed by atoms with Crippen LogP contribution in [0.5, 0.6) is 5.75 Å². The standard InChI is InChI=1S/C11H16N2O/c1-3-5-11(13-12)9-6-4-7-10(8-9)14-2/h3-4,6-8,11,13H,1,5,12H2,2H3. The largest absolute Gasteiger partial charge is 0.497 e. The van der Waals surface area contributed by atoms with Crippen LogP contribution in [0.1, 0.15) is 18.0 Å². The second-order valence-electron chi connectivity index (χ2n) is 3.02. The first-order valence-electron chi connectivity index (χ1n) is 4.52. The van der Waals surface area contributed by atoms with Gasteiger partial charge in [-0.25, -0.2) is 0 Å². The van der Waals surface area contributed by atoms with Crippen LogP contribution < -0.4 is 16.0 Å². The molecule has 0 fully saturated rings. The maximum Gasteiger partial charge on any atom is 0.119 e. The molecule has 0 saturated heterocycles. The molecule has 0 aromatic heterocycles. The van der Waals surface area contributed by atoms with Gasteiger partial charge in [0.1, 0.15) is 5.75 Å². The summed E-state index contributed by atoms with van der Waals surface area (Å²) in [7, 11) is 1.65. The lowest BCUT2D eigenvalue weighted by Gasteiger charge is -2.14. The number of rotatable bonds is 5. The van der Waals surface area contributed by atoms with E-state index in [2.05, 4.69) is 12.0 Å². The highest BCUT2D eigenvalue weighted by Crippen LogP contribution is 2.20. The molecule has 0 radical (unpaired) electrons. The Kier molecular flexibility index (Phi) is 4.16. The summed E-state index contributed by atoms with van der Waals surface area (Å²) in [6, 6.07) is 7.93. The summed E-state index contributed by atoms with van der Waals surface area (Å²) in [5, 5.41) is 0. The van der Waals surface area contributed by atoms with E-state index < -0.39 is 0 Å². The molecular weight excluding hydrogens is 176 g/mol. The third-order valence-electron chi connectivity index (χ3n) is 2.10. The van der Waals surface area contributed by atoms with Gasteiger partial charge in [0.05, 0.1) is 7.11 Å². The topological polar surface area (TPSA) is 47.3 Å². The van der Waals surface area contributed by atoms with Crippen LogP contribution in [-0.4, -0.2) is 7.11 Å². The number of hydrogen-bond acceptors (Lipinski definition) is 3. The molecule has 1 rings (SSSR count). The van der Waals surface area contributed by atoms with Crippen LogP contribution in [0.25, 0.3) is 0 Å². The highest BCUT2D eigenvalue weighted by Gasteiger charge is 2.07. The summed E-state index contributed by atoms with van der Waals surface area (Å²) < 4.78 is 5.13. The van der Waals surface area contributed by atoms with Gasteiger partial charge in [-0.2, -0.15) is 0 Å². The fourth-order valence-electron chi connectivity index (χ4n) is 1.33. The molecule has 0 aliphatic rings. The summed E-state index contributed by atoms with van der Waals surface area (Å²) in [5.41, 5.74) is 3.85. The Hall–Kier alpha value is -1.32. The van der Waals surface area contributed by atoms with E-state index in [0.717, 1.165) is 17.7 Å². The van der Waals surface area contributed by atoms with Crippen LogP contribution in [0.4, 0.5) is 0 Å². The van der Waals surface area contributed by atoms with Crippen LogP contribution in [0, 0.1) is 0 Å². The number of hydrazine groups is 1. The van der Waals surface area contributed by atoms with Gasteiger partial charge in [0.25, 0.3) is 0 Å². The summed E-state index contributed by atoms with van der Waals surface area (Å²) in [6.45, 7) is 3.69. The minimum absolute atomic E-state index is 0.0996. The van der Waals surface area contributed by atoms with Crippen LogP contribution in [0.2, 0.25) is 0 Å². The van der Waals surface area contributed by atoms with Crippen molar-refractivity contribution in [3.8, 4) is 5.75 Å². The first kappa shape index (κ1) is 10.8. The van der Waals surface area contributed by atoms with Crippen LogP contribution in [-0.2, 0) is 0 Å². The molecule has 3 N–H and O–H groups in total. The zero-order valence-corrected chi connectivity index (χ0v) is 8.36. The van der Waals surface area contributed by atoms with Crippen LogP contribution in [0.3, 0.4) is 0 Å². The molecule has 76 valence electrons. The number of ether oxygens (including phenoxy) is 1. The second kappa shape index (κ2) is 5.42. The third kappa shape index (κ3) is 2.58. The molecule has 0 bridgehead atoms. The van der Waals surface area contributed by atoms with Gasteiger partial charge >= 0.3 is 0 Å². The Bertz CT molecular complexity index is 299. The molecule has 3 nitrogen and oxygen atoms in total. The average Bonchev–Trinajstić information content (AvgIpc) is 2.26. The summed E-state index contributed by atoms with van der Waals surface area (Å²) in [4.78, 5) is 0. The van der Waals surface area contributed by atoms with Crippen molar-refractivity contribution in [3.05, 3.63) is 42.5 Å². The van der Waals surface area contributed by atoms with Crippen molar-refractivity contribution in [1.82, 2.24) is 5.43 Å². The fourth-order valence-corrected chi connectivity index (χ4v) is 1.33. The SMILES string of the molecule is C=CCC(NN)c1cccc(OC)c1. The molecule has 0 spiro atoms. The van der Waals surface area contributed by atoms with E-state index in [0.29, 0.717) is 0 Å². The highest BCUT2D eigenvalue weighted by atomic mass is 16.5. The van der Waals surface area contributed by atoms with E-state index >= 15 is 0 Å². The first-order chi connectivity index (χ1) is 6.81. The van der Waals surface area contributed by atoms with Crippen molar-refractivity contribution in [2.45, 2.75) is 12.5 Å². The molecule has 0 aliphatic heterocycles. The van der Waals surface area contributed by atoms with Gasteiger partial charge in [0.2, 0.25) is 0 Å². The Balaban J connectivity index is 2.85. The van der Waals surface area contributed by atoms with E-state index in [1.165, 1.54) is 0 Å². The summed E-state index contributed by atoms with van der Waals surface area (Å²) >= 11 is 0. The summed E-state index contributed by atoms with van der Waals surface area (Å²) in [6.07, 6.45) is 2.63. The predicted molar refractivity (Wildman–Crippen MR) is 57.9 cm³/mol. The van der Waals surface area contributed by atoms with Crippen molar-refractivity contribution in [3.63, 3.8) is 0 Å². The van der Waals surface area contributed by atoms with Crippen molar-refractivity contribution < 1.29 is 4.74 Å². The minimum atomic E-state index is 0.0996. The Morgan fingerprint density at radius 3 is 3.00 bits per heavy atom. The van der Waals surface area contributed by atoms with E-state index in [4.69, 9.17) is 10.6 Å². The zero-order chi connectivity index (χ0) is 10.4. The minimum Gasteiger partial charge on any atom is -0.497 e. The maximum atomic E-state index is 5.44. The molecule has 0 aliphatic carbocycles. The molecule has 3 heteroatoms. The van der Waals surface area contributed by atoms with Crippen molar-refractivity contribution in [2.24, 2.45) is 5.84 Å². The molecule has 14 heavy (non-hydrogen) atoms. The first-order valence-corrected chi connectivity index (χ1v) is 4.52. The number of benzene rings is 1. The highest BCUT2D eigenvalue weighted by molar-refractivity contribution is 5.30. The average molecular weight is 192 g/mol. The van der Waals surface area contributed by atoms with E-state index in [9.17, 15) is 0 Å². The van der Waals surface area contributed by atoms with Gasteiger partial charge in [0, 0.05) is 6.04 Å². The van der Waals surface area contributed by atoms with Gasteiger partial charge in [-0.05, 0) is 24.1 Å². The van der Waals surface area contributed by atoms with Gasteiger partial charge < -0.3 is 4.74 Å². The lowest BCUT2D eigenvalue weighted by atomic mass is 10.0. The van der Waals surface area contributed by atoms with Crippen LogP contribution >= 0.6 is 0 Å². The molecule has 0 saturated carbocycles. The predicted octanol–water partition coefficient (Wildman–Crippen LogP) is 1.78. The van der Waals surface area contributed by atoms with E-state index in [1.54, 1.807) is 7.11 Å². The number of hydrogen-bond donors (Lipinski definition) is 2. The molecular formula is C11H16N2O.